The van der Waals surface area contributed by atoms with Gasteiger partial charge >= 0.3 is 11.9 Å². The first-order valence-corrected chi connectivity index (χ1v) is 9.47. The number of hydrogen-bond donors (Lipinski definition) is 2. The van der Waals surface area contributed by atoms with Gasteiger partial charge in [0.2, 0.25) is 0 Å². The summed E-state index contributed by atoms with van der Waals surface area (Å²) in [5, 5.41) is 20.4. The van der Waals surface area contributed by atoms with Crippen molar-refractivity contribution in [2.45, 2.75) is 64.9 Å². The normalized spacial score (nSPS) is 26.4. The van der Waals surface area contributed by atoms with E-state index in [9.17, 15) is 19.8 Å². The second kappa shape index (κ2) is 8.54. The highest BCUT2D eigenvalue weighted by molar-refractivity contribution is 5.87. The molecule has 0 aromatic rings. The van der Waals surface area contributed by atoms with Gasteiger partial charge in [-0.15, -0.1) is 0 Å². The van der Waals surface area contributed by atoms with Gasteiger partial charge in [-0.05, 0) is 38.7 Å². The Kier molecular flexibility index (Phi) is 6.83. The number of hydrogen-bond acceptors (Lipinski definition) is 7. The summed E-state index contributed by atoms with van der Waals surface area (Å²) in [6.45, 7) is 9.68. The van der Waals surface area contributed by atoms with E-state index in [2.05, 4.69) is 4.90 Å². The lowest BCUT2D eigenvalue weighted by Crippen LogP contribution is -2.53. The van der Waals surface area contributed by atoms with E-state index in [1.54, 1.807) is 33.8 Å². The molecular formula is C20H31NO6. The zero-order valence-electron chi connectivity index (χ0n) is 16.8. The summed E-state index contributed by atoms with van der Waals surface area (Å²) in [5.74, 6) is -1.68. The van der Waals surface area contributed by atoms with E-state index in [0.29, 0.717) is 12.1 Å². The van der Waals surface area contributed by atoms with Crippen LogP contribution >= 0.6 is 0 Å². The summed E-state index contributed by atoms with van der Waals surface area (Å²) < 4.78 is 11.0. The molecular weight excluding hydrogens is 350 g/mol. The average Bonchev–Trinajstić information content (AvgIpc) is 3.20. The van der Waals surface area contributed by atoms with Crippen molar-refractivity contribution in [1.29, 1.82) is 0 Å². The number of esters is 2. The van der Waals surface area contributed by atoms with Crippen molar-refractivity contribution in [3.05, 3.63) is 23.3 Å². The molecule has 1 saturated heterocycles. The lowest BCUT2D eigenvalue weighted by atomic mass is 9.85. The minimum atomic E-state index is -1.95. The monoisotopic (exact) mass is 381 g/mol. The second-order valence-corrected chi connectivity index (χ2v) is 7.66. The number of ether oxygens (including phenoxy) is 2. The molecule has 0 spiro atoms. The molecule has 2 heterocycles. The Labute approximate surface area is 160 Å². The molecule has 2 aliphatic heterocycles. The van der Waals surface area contributed by atoms with Gasteiger partial charge in [-0.1, -0.05) is 26.0 Å². The minimum absolute atomic E-state index is 0.00159. The first kappa shape index (κ1) is 21.6. The van der Waals surface area contributed by atoms with Gasteiger partial charge in [0.15, 0.2) is 5.60 Å². The molecule has 0 aromatic heterocycles. The van der Waals surface area contributed by atoms with Crippen LogP contribution < -0.4 is 0 Å². The molecule has 0 amide bonds. The Balaban J connectivity index is 2.03. The summed E-state index contributed by atoms with van der Waals surface area (Å²) >= 11 is 0. The highest BCUT2D eigenvalue weighted by Crippen LogP contribution is 2.32. The number of aliphatic hydroxyl groups is 2. The van der Waals surface area contributed by atoms with E-state index >= 15 is 0 Å². The van der Waals surface area contributed by atoms with E-state index in [1.165, 1.54) is 6.92 Å². The van der Waals surface area contributed by atoms with Crippen molar-refractivity contribution in [2.75, 3.05) is 19.7 Å². The molecule has 0 saturated carbocycles. The lowest BCUT2D eigenvalue weighted by Gasteiger charge is -2.32. The Hall–Kier alpha value is -1.70. The molecule has 4 atom stereocenters. The smallest absolute Gasteiger partial charge is 0.341 e. The maximum atomic E-state index is 12.4. The zero-order valence-corrected chi connectivity index (χ0v) is 16.8. The van der Waals surface area contributed by atoms with Crippen LogP contribution in [0.25, 0.3) is 0 Å². The third-order valence-corrected chi connectivity index (χ3v) is 5.64. The van der Waals surface area contributed by atoms with Crippen LogP contribution in [0, 0.1) is 5.92 Å². The van der Waals surface area contributed by atoms with Gasteiger partial charge in [0.1, 0.15) is 12.7 Å². The van der Waals surface area contributed by atoms with Crippen molar-refractivity contribution in [2.24, 2.45) is 5.92 Å². The minimum Gasteiger partial charge on any atom is -0.459 e. The molecule has 2 aliphatic rings. The number of carbonyl (C=O) groups excluding carboxylic acids is 2. The highest BCUT2D eigenvalue weighted by Gasteiger charge is 2.47. The predicted molar refractivity (Wildman–Crippen MR) is 99.8 cm³/mol. The maximum absolute atomic E-state index is 12.4. The van der Waals surface area contributed by atoms with Gasteiger partial charge in [0.05, 0.1) is 12.1 Å². The zero-order chi connectivity index (χ0) is 20.4. The molecule has 0 bridgehead atoms. The van der Waals surface area contributed by atoms with Gasteiger partial charge in [-0.2, -0.15) is 0 Å². The highest BCUT2D eigenvalue weighted by atomic mass is 16.6. The molecule has 27 heavy (non-hydrogen) atoms. The van der Waals surface area contributed by atoms with Crippen LogP contribution in [0.15, 0.2) is 23.3 Å². The van der Waals surface area contributed by atoms with Gasteiger partial charge in [0.25, 0.3) is 0 Å². The third-order valence-electron chi connectivity index (χ3n) is 5.64. The Morgan fingerprint density at radius 3 is 2.63 bits per heavy atom. The summed E-state index contributed by atoms with van der Waals surface area (Å²) in [7, 11) is 0. The quantitative estimate of drug-likeness (QED) is 0.388. The molecule has 2 N–H and O–H groups in total. The Morgan fingerprint density at radius 1 is 1.41 bits per heavy atom. The molecule has 2 rings (SSSR count). The van der Waals surface area contributed by atoms with E-state index in [1.807, 2.05) is 6.08 Å². The van der Waals surface area contributed by atoms with Crippen LogP contribution in [0.4, 0.5) is 0 Å². The van der Waals surface area contributed by atoms with Gasteiger partial charge in [-0.25, -0.2) is 9.59 Å². The number of allylic oxidation sites excluding steroid dienone is 1. The van der Waals surface area contributed by atoms with Crippen LogP contribution in [-0.4, -0.2) is 70.6 Å². The fourth-order valence-electron chi connectivity index (χ4n) is 3.63. The number of rotatable bonds is 7. The van der Waals surface area contributed by atoms with E-state index in [0.717, 1.165) is 18.5 Å². The number of fused-ring (bicyclic) bond motifs is 1. The first-order valence-electron chi connectivity index (χ1n) is 9.47. The number of aliphatic hydroxyl groups excluding tert-OH is 1. The van der Waals surface area contributed by atoms with Crippen molar-refractivity contribution in [1.82, 2.24) is 4.90 Å². The molecule has 7 nitrogen and oxygen atoms in total. The van der Waals surface area contributed by atoms with Crippen molar-refractivity contribution < 1.29 is 29.3 Å². The maximum Gasteiger partial charge on any atom is 0.341 e. The number of carbonyl (C=O) groups is 2. The van der Waals surface area contributed by atoms with Crippen molar-refractivity contribution in [3.63, 3.8) is 0 Å². The topological polar surface area (TPSA) is 96.3 Å². The Bertz CT molecular complexity index is 628. The van der Waals surface area contributed by atoms with E-state index in [4.69, 9.17) is 9.47 Å². The Morgan fingerprint density at radius 2 is 2.07 bits per heavy atom. The fourth-order valence-corrected chi connectivity index (χ4v) is 3.63. The van der Waals surface area contributed by atoms with Crippen molar-refractivity contribution >= 4 is 11.9 Å². The van der Waals surface area contributed by atoms with Gasteiger partial charge in [-0.3, -0.25) is 4.90 Å². The summed E-state index contributed by atoms with van der Waals surface area (Å²) in [5.41, 5.74) is -0.542. The van der Waals surface area contributed by atoms with Crippen LogP contribution in [0.5, 0.6) is 0 Å². The largest absolute Gasteiger partial charge is 0.459 e. The standard InChI is InChI=1S/C20H31NO6/c1-6-13(4)18(23)27-16-8-10-21-9-7-15(17(16)21)11-26-19(24)20(25,12(2)3)14(5)22/h6-7,12,14,16-17,22,25H,8-11H2,1-5H3/b13-6+/t14-,16+,17+,20?/m0/s1. The molecule has 0 aliphatic carbocycles. The SMILES string of the molecule is C/C=C(\C)C(=O)O[C@@H]1CCN2CC=C(COC(=O)C(O)(C(C)C)[C@H](C)O)[C@H]12. The first-order chi connectivity index (χ1) is 12.6. The van der Waals surface area contributed by atoms with Crippen molar-refractivity contribution in [3.8, 4) is 0 Å². The summed E-state index contributed by atoms with van der Waals surface area (Å²) in [4.78, 5) is 26.7. The van der Waals surface area contributed by atoms with E-state index < -0.39 is 23.6 Å². The predicted octanol–water partition coefficient (Wildman–Crippen LogP) is 1.19. The molecule has 7 heteroatoms. The molecule has 152 valence electrons. The molecule has 0 aromatic carbocycles. The summed E-state index contributed by atoms with van der Waals surface area (Å²) in [6, 6.07) is -0.120. The summed E-state index contributed by atoms with van der Waals surface area (Å²) in [6.07, 6.45) is 2.87. The lowest BCUT2D eigenvalue weighted by molar-refractivity contribution is -0.183. The van der Waals surface area contributed by atoms with Crippen LogP contribution in [0.3, 0.4) is 0 Å². The van der Waals surface area contributed by atoms with Crippen LogP contribution in [0.1, 0.15) is 41.0 Å². The molecule has 0 radical (unpaired) electrons. The van der Waals surface area contributed by atoms with Gasteiger partial charge < -0.3 is 19.7 Å². The third kappa shape index (κ3) is 4.25. The molecule has 1 unspecified atom stereocenters. The average molecular weight is 381 g/mol. The second-order valence-electron chi connectivity index (χ2n) is 7.66. The number of nitrogens with zero attached hydrogens (tertiary/aromatic N) is 1. The molecule has 1 fully saturated rings. The van der Waals surface area contributed by atoms with E-state index in [-0.39, 0.29) is 24.7 Å². The van der Waals surface area contributed by atoms with Crippen LogP contribution in [-0.2, 0) is 19.1 Å². The fraction of sp³-hybridized carbons (Fsp3) is 0.700. The van der Waals surface area contributed by atoms with Gasteiger partial charge in [0, 0.05) is 18.7 Å². The van der Waals surface area contributed by atoms with Crippen LogP contribution in [0.2, 0.25) is 0 Å².